The first kappa shape index (κ1) is 11.5. The minimum atomic E-state index is 0.609. The van der Waals surface area contributed by atoms with Crippen LogP contribution in [0.5, 0.6) is 0 Å². The molecule has 0 unspecified atom stereocenters. The van der Waals surface area contributed by atoms with E-state index < -0.39 is 0 Å². The molecule has 1 aromatic heterocycles. The maximum Gasteiger partial charge on any atom is 0.0648 e. The third kappa shape index (κ3) is 1.95. The molecule has 3 nitrogen and oxygen atoms in total. The average Bonchev–Trinajstić information content (AvgIpc) is 2.82. The van der Waals surface area contributed by atoms with Crippen LogP contribution < -0.4 is 0 Å². The highest BCUT2D eigenvalue weighted by Crippen LogP contribution is 2.22. The van der Waals surface area contributed by atoms with Gasteiger partial charge in [0.05, 0.1) is 11.9 Å². The van der Waals surface area contributed by atoms with Crippen LogP contribution in [-0.4, -0.2) is 27.3 Å². The van der Waals surface area contributed by atoms with Crippen LogP contribution >= 0.6 is 0 Å². The van der Waals surface area contributed by atoms with E-state index in [2.05, 4.69) is 52.8 Å². The van der Waals surface area contributed by atoms with Crippen molar-refractivity contribution in [2.45, 2.75) is 32.9 Å². The summed E-state index contributed by atoms with van der Waals surface area (Å²) in [5.74, 6) is 0. The Hall–Kier alpha value is -1.61. The van der Waals surface area contributed by atoms with Gasteiger partial charge in [0.2, 0.25) is 0 Å². The average molecular weight is 241 g/mol. The van der Waals surface area contributed by atoms with E-state index in [0.717, 1.165) is 25.2 Å². The first-order valence-electron chi connectivity index (χ1n) is 6.61. The summed E-state index contributed by atoms with van der Waals surface area (Å²) >= 11 is 0. The van der Waals surface area contributed by atoms with Crippen LogP contribution in [0.3, 0.4) is 0 Å². The van der Waals surface area contributed by atoms with Crippen LogP contribution in [0.1, 0.15) is 25.1 Å². The lowest BCUT2D eigenvalue weighted by molar-refractivity contribution is 0.202. The molecular formula is C15H19N3. The predicted molar refractivity (Wildman–Crippen MR) is 72.8 cm³/mol. The third-order valence-electron chi connectivity index (χ3n) is 3.70. The van der Waals surface area contributed by atoms with E-state index in [4.69, 9.17) is 0 Å². The number of benzene rings is 1. The SMILES string of the molecule is CC(C)N1CCc2c(cnn2-c2ccccc2)C1. The minimum Gasteiger partial charge on any atom is -0.296 e. The Labute approximate surface area is 108 Å². The van der Waals surface area contributed by atoms with Crippen molar-refractivity contribution in [3.05, 3.63) is 47.8 Å². The van der Waals surface area contributed by atoms with Crippen LogP contribution in [0.4, 0.5) is 0 Å². The second-order valence-corrected chi connectivity index (χ2v) is 5.18. The molecule has 94 valence electrons. The number of nitrogens with zero attached hydrogens (tertiary/aromatic N) is 3. The highest BCUT2D eigenvalue weighted by Gasteiger charge is 2.22. The summed E-state index contributed by atoms with van der Waals surface area (Å²) in [6, 6.07) is 11.0. The van der Waals surface area contributed by atoms with Crippen LogP contribution in [0.15, 0.2) is 36.5 Å². The summed E-state index contributed by atoms with van der Waals surface area (Å²) in [6.45, 7) is 6.67. The van der Waals surface area contributed by atoms with E-state index in [-0.39, 0.29) is 0 Å². The van der Waals surface area contributed by atoms with Crippen molar-refractivity contribution >= 4 is 0 Å². The van der Waals surface area contributed by atoms with Crippen LogP contribution in [0.25, 0.3) is 5.69 Å². The Morgan fingerprint density at radius 3 is 2.67 bits per heavy atom. The number of hydrogen-bond acceptors (Lipinski definition) is 2. The molecule has 0 amide bonds. The molecule has 0 fully saturated rings. The van der Waals surface area contributed by atoms with Gasteiger partial charge in [0.15, 0.2) is 0 Å². The quantitative estimate of drug-likeness (QED) is 0.806. The van der Waals surface area contributed by atoms with Crippen LogP contribution in [-0.2, 0) is 13.0 Å². The molecule has 0 saturated carbocycles. The normalized spacial score (nSPS) is 15.9. The monoisotopic (exact) mass is 241 g/mol. The molecular weight excluding hydrogens is 222 g/mol. The summed E-state index contributed by atoms with van der Waals surface area (Å²) in [6.07, 6.45) is 3.11. The fraction of sp³-hybridized carbons (Fsp3) is 0.400. The van der Waals surface area contributed by atoms with Gasteiger partial charge in [-0.3, -0.25) is 4.90 Å². The Balaban J connectivity index is 1.94. The van der Waals surface area contributed by atoms with Crippen molar-refractivity contribution in [1.82, 2.24) is 14.7 Å². The highest BCUT2D eigenvalue weighted by atomic mass is 15.3. The van der Waals surface area contributed by atoms with Crippen LogP contribution in [0, 0.1) is 0 Å². The molecule has 3 heteroatoms. The van der Waals surface area contributed by atoms with Crippen molar-refractivity contribution in [2.24, 2.45) is 0 Å². The van der Waals surface area contributed by atoms with E-state index in [0.29, 0.717) is 6.04 Å². The van der Waals surface area contributed by atoms with E-state index in [1.807, 2.05) is 12.3 Å². The number of aromatic nitrogens is 2. The zero-order valence-electron chi connectivity index (χ0n) is 11.0. The smallest absolute Gasteiger partial charge is 0.0648 e. The fourth-order valence-corrected chi connectivity index (χ4v) is 2.59. The number of fused-ring (bicyclic) bond motifs is 1. The number of hydrogen-bond donors (Lipinski definition) is 0. The second kappa shape index (κ2) is 4.58. The van der Waals surface area contributed by atoms with E-state index >= 15 is 0 Å². The Morgan fingerprint density at radius 1 is 1.17 bits per heavy atom. The zero-order chi connectivity index (χ0) is 12.5. The Kier molecular flexibility index (Phi) is 2.92. The minimum absolute atomic E-state index is 0.609. The topological polar surface area (TPSA) is 21.1 Å². The van der Waals surface area contributed by atoms with Crippen molar-refractivity contribution < 1.29 is 0 Å². The largest absolute Gasteiger partial charge is 0.296 e. The molecule has 0 aliphatic carbocycles. The summed E-state index contributed by atoms with van der Waals surface area (Å²) in [5, 5.41) is 4.55. The van der Waals surface area contributed by atoms with Gasteiger partial charge in [0.1, 0.15) is 0 Å². The van der Waals surface area contributed by atoms with Gasteiger partial charge in [-0.05, 0) is 26.0 Å². The van der Waals surface area contributed by atoms with Crippen molar-refractivity contribution in [3.63, 3.8) is 0 Å². The third-order valence-corrected chi connectivity index (χ3v) is 3.70. The zero-order valence-corrected chi connectivity index (χ0v) is 11.0. The van der Waals surface area contributed by atoms with Gasteiger partial charge in [0.25, 0.3) is 0 Å². The first-order chi connectivity index (χ1) is 8.75. The molecule has 1 aromatic carbocycles. The number of para-hydroxylation sites is 1. The van der Waals surface area contributed by atoms with Crippen LogP contribution in [0.2, 0.25) is 0 Å². The van der Waals surface area contributed by atoms with Gasteiger partial charge >= 0.3 is 0 Å². The van der Waals surface area contributed by atoms with E-state index in [1.165, 1.54) is 11.3 Å². The molecule has 3 rings (SSSR count). The second-order valence-electron chi connectivity index (χ2n) is 5.18. The number of rotatable bonds is 2. The summed E-state index contributed by atoms with van der Waals surface area (Å²) < 4.78 is 2.09. The van der Waals surface area contributed by atoms with E-state index in [9.17, 15) is 0 Å². The molecule has 2 aromatic rings. The van der Waals surface area contributed by atoms with Gasteiger partial charge in [-0.25, -0.2) is 4.68 Å². The Bertz CT molecular complexity index is 528. The Morgan fingerprint density at radius 2 is 1.94 bits per heavy atom. The molecule has 2 heterocycles. The van der Waals surface area contributed by atoms with Crippen molar-refractivity contribution in [2.75, 3.05) is 6.54 Å². The lowest BCUT2D eigenvalue weighted by Gasteiger charge is -2.30. The summed E-state index contributed by atoms with van der Waals surface area (Å²) in [5.41, 5.74) is 3.91. The standard InChI is InChI=1S/C15H19N3/c1-12(2)17-9-8-15-13(11-17)10-16-18(15)14-6-4-3-5-7-14/h3-7,10,12H,8-9,11H2,1-2H3. The first-order valence-corrected chi connectivity index (χ1v) is 6.61. The predicted octanol–water partition coefficient (Wildman–Crippen LogP) is 2.64. The molecule has 18 heavy (non-hydrogen) atoms. The van der Waals surface area contributed by atoms with Gasteiger partial charge in [0, 0.05) is 36.8 Å². The lowest BCUT2D eigenvalue weighted by Crippen LogP contribution is -2.36. The molecule has 0 radical (unpaired) electrons. The molecule has 0 saturated heterocycles. The maximum absolute atomic E-state index is 4.55. The highest BCUT2D eigenvalue weighted by molar-refractivity contribution is 5.35. The molecule has 1 aliphatic heterocycles. The fourth-order valence-electron chi connectivity index (χ4n) is 2.59. The molecule has 0 atom stereocenters. The van der Waals surface area contributed by atoms with Gasteiger partial charge in [-0.1, -0.05) is 18.2 Å². The van der Waals surface area contributed by atoms with Gasteiger partial charge < -0.3 is 0 Å². The molecule has 1 aliphatic rings. The maximum atomic E-state index is 4.55. The molecule has 0 bridgehead atoms. The van der Waals surface area contributed by atoms with E-state index in [1.54, 1.807) is 0 Å². The molecule has 0 spiro atoms. The summed E-state index contributed by atoms with van der Waals surface area (Å²) in [4.78, 5) is 2.50. The molecule has 0 N–H and O–H groups in total. The van der Waals surface area contributed by atoms with Crippen molar-refractivity contribution in [1.29, 1.82) is 0 Å². The van der Waals surface area contributed by atoms with Gasteiger partial charge in [-0.15, -0.1) is 0 Å². The van der Waals surface area contributed by atoms with Gasteiger partial charge in [-0.2, -0.15) is 5.10 Å². The lowest BCUT2D eigenvalue weighted by atomic mass is 10.1. The summed E-state index contributed by atoms with van der Waals surface area (Å²) in [7, 11) is 0. The van der Waals surface area contributed by atoms with Crippen molar-refractivity contribution in [3.8, 4) is 5.69 Å².